The average Bonchev–Trinajstić information content (AvgIpc) is 3.28. The predicted molar refractivity (Wildman–Crippen MR) is 113 cm³/mol. The molecule has 1 amide bonds. The summed E-state index contributed by atoms with van der Waals surface area (Å²) < 4.78 is 8.27. The third-order valence-electron chi connectivity index (χ3n) is 6.10. The maximum atomic E-state index is 11.8. The van der Waals surface area contributed by atoms with E-state index in [0.29, 0.717) is 25.6 Å². The molecule has 6 heteroatoms. The summed E-state index contributed by atoms with van der Waals surface area (Å²) >= 11 is 0. The van der Waals surface area contributed by atoms with E-state index in [4.69, 9.17) is 4.74 Å². The number of carbonyl (C=O) groups is 1. The van der Waals surface area contributed by atoms with Crippen molar-refractivity contribution < 1.29 is 9.53 Å². The van der Waals surface area contributed by atoms with Crippen molar-refractivity contribution in [2.45, 2.75) is 52.1 Å². The summed E-state index contributed by atoms with van der Waals surface area (Å²) in [6.45, 7) is 9.37. The Hall–Kier alpha value is -2.34. The first-order chi connectivity index (χ1) is 14.1. The minimum atomic E-state index is 0.257. The van der Waals surface area contributed by atoms with Gasteiger partial charge in [-0.2, -0.15) is 5.10 Å². The van der Waals surface area contributed by atoms with Crippen LogP contribution in [0.5, 0.6) is 5.75 Å². The molecular formula is C23H32N4O2. The van der Waals surface area contributed by atoms with E-state index in [1.54, 1.807) is 0 Å². The summed E-state index contributed by atoms with van der Waals surface area (Å²) in [6.07, 6.45) is 3.91. The molecule has 0 bridgehead atoms. The number of nitrogens with zero attached hydrogens (tertiary/aromatic N) is 4. The van der Waals surface area contributed by atoms with Gasteiger partial charge in [0.2, 0.25) is 5.91 Å². The summed E-state index contributed by atoms with van der Waals surface area (Å²) in [6, 6.07) is 11.0. The Balaban J connectivity index is 1.29. The lowest BCUT2D eigenvalue weighted by molar-refractivity contribution is -0.128. The van der Waals surface area contributed by atoms with Crippen LogP contribution in [0, 0.1) is 13.8 Å². The Morgan fingerprint density at radius 3 is 2.62 bits per heavy atom. The van der Waals surface area contributed by atoms with Gasteiger partial charge < -0.3 is 9.64 Å². The SMILES string of the molecule is Cc1cc(C)n(C2CCN(Cc3ccccc3OCCN3CCCC3=O)CC2)n1. The molecule has 2 aromatic rings. The number of carbonyl (C=O) groups excluding carboxylic acids is 1. The first kappa shape index (κ1) is 20.0. The average molecular weight is 397 g/mol. The van der Waals surface area contributed by atoms with Gasteiger partial charge in [0.1, 0.15) is 12.4 Å². The smallest absolute Gasteiger partial charge is 0.222 e. The number of aromatic nitrogens is 2. The second kappa shape index (κ2) is 8.99. The number of aryl methyl sites for hydroxylation is 2. The molecular weight excluding hydrogens is 364 g/mol. The van der Waals surface area contributed by atoms with Crippen LogP contribution in [-0.2, 0) is 11.3 Å². The number of rotatable bonds is 7. The molecule has 6 nitrogen and oxygen atoms in total. The van der Waals surface area contributed by atoms with Gasteiger partial charge in [0.15, 0.2) is 0 Å². The summed E-state index contributed by atoms with van der Waals surface area (Å²) in [5.74, 6) is 1.20. The first-order valence-corrected chi connectivity index (χ1v) is 10.8. The lowest BCUT2D eigenvalue weighted by Gasteiger charge is -2.33. The van der Waals surface area contributed by atoms with Gasteiger partial charge in [0.25, 0.3) is 0 Å². The molecule has 2 saturated heterocycles. The second-order valence-electron chi connectivity index (χ2n) is 8.32. The maximum absolute atomic E-state index is 11.8. The third-order valence-corrected chi connectivity index (χ3v) is 6.10. The van der Waals surface area contributed by atoms with E-state index in [9.17, 15) is 4.79 Å². The van der Waals surface area contributed by atoms with Gasteiger partial charge in [0, 0.05) is 43.9 Å². The molecule has 0 spiro atoms. The zero-order chi connectivity index (χ0) is 20.2. The Morgan fingerprint density at radius 1 is 1.14 bits per heavy atom. The number of likely N-dealkylation sites (tertiary alicyclic amines) is 2. The minimum absolute atomic E-state index is 0.257. The molecule has 4 rings (SSSR count). The Morgan fingerprint density at radius 2 is 1.93 bits per heavy atom. The number of benzene rings is 1. The van der Waals surface area contributed by atoms with Crippen LogP contribution in [0.2, 0.25) is 0 Å². The molecule has 3 heterocycles. The van der Waals surface area contributed by atoms with Crippen molar-refractivity contribution in [2.75, 3.05) is 32.8 Å². The summed E-state index contributed by atoms with van der Waals surface area (Å²) in [4.78, 5) is 16.2. The highest BCUT2D eigenvalue weighted by atomic mass is 16.5. The normalized spacial score (nSPS) is 18.6. The van der Waals surface area contributed by atoms with Crippen molar-refractivity contribution in [2.24, 2.45) is 0 Å². The monoisotopic (exact) mass is 396 g/mol. The molecule has 1 aromatic heterocycles. The summed E-state index contributed by atoms with van der Waals surface area (Å²) in [5, 5.41) is 4.68. The van der Waals surface area contributed by atoms with E-state index < -0.39 is 0 Å². The molecule has 156 valence electrons. The van der Waals surface area contributed by atoms with Crippen molar-refractivity contribution in [3.63, 3.8) is 0 Å². The van der Waals surface area contributed by atoms with Crippen LogP contribution in [0.25, 0.3) is 0 Å². The topological polar surface area (TPSA) is 50.6 Å². The minimum Gasteiger partial charge on any atom is -0.491 e. The number of hydrogen-bond donors (Lipinski definition) is 0. The Kier molecular flexibility index (Phi) is 6.19. The van der Waals surface area contributed by atoms with E-state index in [1.807, 2.05) is 17.0 Å². The van der Waals surface area contributed by atoms with Gasteiger partial charge in [-0.3, -0.25) is 14.4 Å². The van der Waals surface area contributed by atoms with Crippen molar-refractivity contribution in [1.29, 1.82) is 0 Å². The van der Waals surface area contributed by atoms with Crippen LogP contribution in [0.4, 0.5) is 0 Å². The molecule has 2 aliphatic rings. The van der Waals surface area contributed by atoms with Gasteiger partial charge in [-0.1, -0.05) is 18.2 Å². The molecule has 0 unspecified atom stereocenters. The molecule has 0 atom stereocenters. The predicted octanol–water partition coefficient (Wildman–Crippen LogP) is 3.34. The maximum Gasteiger partial charge on any atom is 0.222 e. The van der Waals surface area contributed by atoms with E-state index in [0.717, 1.165) is 56.9 Å². The van der Waals surface area contributed by atoms with Crippen LogP contribution >= 0.6 is 0 Å². The molecule has 0 radical (unpaired) electrons. The number of para-hydroxylation sites is 1. The van der Waals surface area contributed by atoms with Crippen LogP contribution in [0.1, 0.15) is 48.7 Å². The molecule has 1 aromatic carbocycles. The van der Waals surface area contributed by atoms with E-state index in [1.165, 1.54) is 11.3 Å². The van der Waals surface area contributed by atoms with Crippen LogP contribution < -0.4 is 4.74 Å². The van der Waals surface area contributed by atoms with Crippen LogP contribution in [-0.4, -0.2) is 58.3 Å². The van der Waals surface area contributed by atoms with E-state index in [2.05, 4.69) is 46.7 Å². The molecule has 0 N–H and O–H groups in total. The highest BCUT2D eigenvalue weighted by Gasteiger charge is 2.23. The van der Waals surface area contributed by atoms with Gasteiger partial charge in [0.05, 0.1) is 18.3 Å². The standard InChI is InChI=1S/C23H32N4O2/c1-18-16-19(2)27(24-18)21-9-12-25(13-10-21)17-20-6-3-4-7-22(20)29-15-14-26-11-5-8-23(26)28/h3-4,6-7,16,21H,5,8-15,17H2,1-2H3. The van der Waals surface area contributed by atoms with Crippen molar-refractivity contribution in [3.8, 4) is 5.75 Å². The van der Waals surface area contributed by atoms with Gasteiger partial charge in [-0.25, -0.2) is 0 Å². The highest BCUT2D eigenvalue weighted by Crippen LogP contribution is 2.27. The Bertz CT molecular complexity index is 839. The fourth-order valence-corrected chi connectivity index (χ4v) is 4.56. The van der Waals surface area contributed by atoms with Crippen molar-refractivity contribution in [1.82, 2.24) is 19.6 Å². The fraction of sp³-hybridized carbons (Fsp3) is 0.565. The quantitative estimate of drug-likeness (QED) is 0.720. The first-order valence-electron chi connectivity index (χ1n) is 10.8. The largest absolute Gasteiger partial charge is 0.491 e. The number of hydrogen-bond acceptors (Lipinski definition) is 4. The van der Waals surface area contributed by atoms with Crippen LogP contribution in [0.3, 0.4) is 0 Å². The summed E-state index contributed by atoms with van der Waals surface area (Å²) in [5.41, 5.74) is 3.59. The van der Waals surface area contributed by atoms with Gasteiger partial charge in [-0.05, 0) is 45.2 Å². The molecule has 2 fully saturated rings. The molecule has 29 heavy (non-hydrogen) atoms. The third kappa shape index (κ3) is 4.81. The van der Waals surface area contributed by atoms with E-state index in [-0.39, 0.29) is 5.91 Å². The van der Waals surface area contributed by atoms with Crippen molar-refractivity contribution in [3.05, 3.63) is 47.3 Å². The fourth-order valence-electron chi connectivity index (χ4n) is 4.56. The lowest BCUT2D eigenvalue weighted by atomic mass is 10.0. The molecule has 0 saturated carbocycles. The number of piperidine rings is 1. The van der Waals surface area contributed by atoms with Crippen LogP contribution in [0.15, 0.2) is 30.3 Å². The lowest BCUT2D eigenvalue weighted by Crippen LogP contribution is -2.35. The Labute approximate surface area is 173 Å². The van der Waals surface area contributed by atoms with Gasteiger partial charge >= 0.3 is 0 Å². The summed E-state index contributed by atoms with van der Waals surface area (Å²) in [7, 11) is 0. The highest BCUT2D eigenvalue weighted by molar-refractivity contribution is 5.78. The number of ether oxygens (including phenoxy) is 1. The second-order valence-corrected chi connectivity index (χ2v) is 8.32. The number of amides is 1. The van der Waals surface area contributed by atoms with E-state index >= 15 is 0 Å². The zero-order valence-electron chi connectivity index (χ0n) is 17.6. The molecule has 2 aliphatic heterocycles. The van der Waals surface area contributed by atoms with Crippen molar-refractivity contribution >= 4 is 5.91 Å². The zero-order valence-corrected chi connectivity index (χ0v) is 17.6. The van der Waals surface area contributed by atoms with Gasteiger partial charge in [-0.15, -0.1) is 0 Å². The molecule has 0 aliphatic carbocycles.